The Morgan fingerprint density at radius 1 is 1.44 bits per heavy atom. The molecule has 0 aromatic carbocycles. The maximum Gasteiger partial charge on any atom is 0.137 e. The third-order valence-electron chi connectivity index (χ3n) is 2.82. The predicted molar refractivity (Wildman–Crippen MR) is 75.2 cm³/mol. The molecule has 0 radical (unpaired) electrons. The normalized spacial score (nSPS) is 12.3. The van der Waals surface area contributed by atoms with Gasteiger partial charge in [-0.2, -0.15) is 11.3 Å². The van der Waals surface area contributed by atoms with Gasteiger partial charge in [0.2, 0.25) is 0 Å². The van der Waals surface area contributed by atoms with Crippen LogP contribution in [0.4, 0.5) is 0 Å². The minimum Gasteiger partial charge on any atom is -0.492 e. The molecule has 0 saturated heterocycles. The SMILES string of the molecule is CCOc1cncc(C(Cc2ccsc2)NC)c1. The summed E-state index contributed by atoms with van der Waals surface area (Å²) in [7, 11) is 1.98. The van der Waals surface area contributed by atoms with E-state index < -0.39 is 0 Å². The Morgan fingerprint density at radius 2 is 2.33 bits per heavy atom. The molecule has 0 amide bonds. The van der Waals surface area contributed by atoms with Gasteiger partial charge in [-0.05, 0) is 54.4 Å². The van der Waals surface area contributed by atoms with Crippen molar-refractivity contribution >= 4 is 11.3 Å². The number of hydrogen-bond acceptors (Lipinski definition) is 4. The summed E-state index contributed by atoms with van der Waals surface area (Å²) in [5.74, 6) is 0.834. The number of hydrogen-bond donors (Lipinski definition) is 1. The Bertz CT molecular complexity index is 470. The van der Waals surface area contributed by atoms with Gasteiger partial charge in [0.1, 0.15) is 5.75 Å². The van der Waals surface area contributed by atoms with Gasteiger partial charge in [-0.3, -0.25) is 4.98 Å². The van der Waals surface area contributed by atoms with Crippen molar-refractivity contribution in [3.05, 3.63) is 46.4 Å². The van der Waals surface area contributed by atoms with Crippen LogP contribution in [0.2, 0.25) is 0 Å². The van der Waals surface area contributed by atoms with Crippen molar-refractivity contribution in [2.75, 3.05) is 13.7 Å². The maximum atomic E-state index is 5.49. The summed E-state index contributed by atoms with van der Waals surface area (Å²) in [6, 6.07) is 4.49. The number of pyridine rings is 1. The molecule has 0 spiro atoms. The van der Waals surface area contributed by atoms with Gasteiger partial charge in [0.05, 0.1) is 12.8 Å². The number of nitrogens with zero attached hydrogens (tertiary/aromatic N) is 1. The smallest absolute Gasteiger partial charge is 0.137 e. The third-order valence-corrected chi connectivity index (χ3v) is 3.55. The van der Waals surface area contributed by atoms with Crippen LogP contribution in [0.1, 0.15) is 24.1 Å². The molecule has 0 fully saturated rings. The van der Waals surface area contributed by atoms with Gasteiger partial charge < -0.3 is 10.1 Å². The molecular formula is C14H18N2OS. The number of nitrogens with one attached hydrogen (secondary N) is 1. The van der Waals surface area contributed by atoms with Crippen molar-refractivity contribution in [3.8, 4) is 5.75 Å². The molecule has 1 N–H and O–H groups in total. The zero-order valence-electron chi connectivity index (χ0n) is 10.7. The maximum absolute atomic E-state index is 5.49. The van der Waals surface area contributed by atoms with Crippen molar-refractivity contribution in [2.24, 2.45) is 0 Å². The van der Waals surface area contributed by atoms with Crippen LogP contribution < -0.4 is 10.1 Å². The lowest BCUT2D eigenvalue weighted by Crippen LogP contribution is -2.18. The van der Waals surface area contributed by atoms with Crippen molar-refractivity contribution in [1.82, 2.24) is 10.3 Å². The van der Waals surface area contributed by atoms with Crippen LogP contribution in [0.15, 0.2) is 35.3 Å². The number of likely N-dealkylation sites (N-methyl/N-ethyl adjacent to an activating group) is 1. The second-order valence-corrected chi connectivity index (χ2v) is 4.84. The summed E-state index contributed by atoms with van der Waals surface area (Å²) in [6.45, 7) is 2.65. The van der Waals surface area contributed by atoms with Gasteiger partial charge in [-0.1, -0.05) is 0 Å². The second-order valence-electron chi connectivity index (χ2n) is 4.06. The Hall–Kier alpha value is -1.39. The van der Waals surface area contributed by atoms with Gasteiger partial charge in [-0.25, -0.2) is 0 Å². The fraction of sp³-hybridized carbons (Fsp3) is 0.357. The van der Waals surface area contributed by atoms with Gasteiger partial charge in [0, 0.05) is 12.2 Å². The molecule has 2 aromatic rings. The second kappa shape index (κ2) is 6.52. The summed E-state index contributed by atoms with van der Waals surface area (Å²) in [6.07, 6.45) is 4.62. The van der Waals surface area contributed by atoms with Gasteiger partial charge in [0.15, 0.2) is 0 Å². The first-order valence-corrected chi connectivity index (χ1v) is 7.04. The van der Waals surface area contributed by atoms with E-state index in [0.717, 1.165) is 17.7 Å². The number of thiophene rings is 1. The van der Waals surface area contributed by atoms with Crippen LogP contribution in [0.25, 0.3) is 0 Å². The quantitative estimate of drug-likeness (QED) is 0.869. The number of rotatable bonds is 6. The van der Waals surface area contributed by atoms with Crippen molar-refractivity contribution < 1.29 is 4.74 Å². The van der Waals surface area contributed by atoms with Crippen LogP contribution >= 0.6 is 11.3 Å². The molecule has 1 unspecified atom stereocenters. The van der Waals surface area contributed by atoms with Crippen molar-refractivity contribution in [2.45, 2.75) is 19.4 Å². The highest BCUT2D eigenvalue weighted by molar-refractivity contribution is 7.07. The lowest BCUT2D eigenvalue weighted by Gasteiger charge is -2.16. The third kappa shape index (κ3) is 3.31. The van der Waals surface area contributed by atoms with E-state index in [1.54, 1.807) is 17.5 Å². The molecule has 0 bridgehead atoms. The highest BCUT2D eigenvalue weighted by atomic mass is 32.1. The number of aromatic nitrogens is 1. The monoisotopic (exact) mass is 262 g/mol. The molecule has 1 atom stereocenters. The molecule has 0 aliphatic carbocycles. The first kappa shape index (κ1) is 13.1. The van der Waals surface area contributed by atoms with Gasteiger partial charge in [-0.15, -0.1) is 0 Å². The van der Waals surface area contributed by atoms with E-state index >= 15 is 0 Å². The Kier molecular flexibility index (Phi) is 4.73. The van der Waals surface area contributed by atoms with E-state index in [-0.39, 0.29) is 6.04 Å². The molecule has 2 rings (SSSR count). The summed E-state index contributed by atoms with van der Waals surface area (Å²) in [5.41, 5.74) is 2.51. The summed E-state index contributed by atoms with van der Waals surface area (Å²) in [4.78, 5) is 4.24. The Morgan fingerprint density at radius 3 is 3.00 bits per heavy atom. The highest BCUT2D eigenvalue weighted by Gasteiger charge is 2.11. The zero-order valence-corrected chi connectivity index (χ0v) is 11.5. The van der Waals surface area contributed by atoms with E-state index in [9.17, 15) is 0 Å². The minimum absolute atomic E-state index is 0.271. The fourth-order valence-corrected chi connectivity index (χ4v) is 2.58. The van der Waals surface area contributed by atoms with Crippen molar-refractivity contribution in [1.29, 1.82) is 0 Å². The van der Waals surface area contributed by atoms with E-state index in [1.807, 2.05) is 20.2 Å². The average Bonchev–Trinajstić information content (AvgIpc) is 2.89. The molecule has 18 heavy (non-hydrogen) atoms. The molecule has 0 saturated carbocycles. The minimum atomic E-state index is 0.271. The van der Waals surface area contributed by atoms with Crippen molar-refractivity contribution in [3.63, 3.8) is 0 Å². The predicted octanol–water partition coefficient (Wildman–Crippen LogP) is 3.05. The van der Waals surface area contributed by atoms with Crippen LogP contribution in [0, 0.1) is 0 Å². The average molecular weight is 262 g/mol. The summed E-state index contributed by atoms with van der Waals surface area (Å²) >= 11 is 1.73. The molecule has 4 heteroatoms. The number of ether oxygens (including phenoxy) is 1. The summed E-state index contributed by atoms with van der Waals surface area (Å²) in [5, 5.41) is 7.63. The van der Waals surface area contributed by atoms with E-state index in [2.05, 4.69) is 33.2 Å². The first-order chi connectivity index (χ1) is 8.83. The fourth-order valence-electron chi connectivity index (χ4n) is 1.90. The first-order valence-electron chi connectivity index (χ1n) is 6.09. The Labute approximate surface area is 112 Å². The largest absolute Gasteiger partial charge is 0.492 e. The van der Waals surface area contributed by atoms with Crippen LogP contribution in [-0.2, 0) is 6.42 Å². The van der Waals surface area contributed by atoms with Crippen LogP contribution in [0.3, 0.4) is 0 Å². The molecule has 0 aliphatic heterocycles. The lowest BCUT2D eigenvalue weighted by molar-refractivity contribution is 0.338. The standard InChI is InChI=1S/C14H18N2OS/c1-3-17-13-7-12(8-16-9-13)14(15-2)6-11-4-5-18-10-11/h4-5,7-10,14-15H,3,6H2,1-2H3. The zero-order chi connectivity index (χ0) is 12.8. The molecule has 2 heterocycles. The van der Waals surface area contributed by atoms with Crippen LogP contribution in [-0.4, -0.2) is 18.6 Å². The van der Waals surface area contributed by atoms with E-state index in [1.165, 1.54) is 5.56 Å². The molecule has 96 valence electrons. The Balaban J connectivity index is 2.13. The summed E-state index contributed by atoms with van der Waals surface area (Å²) < 4.78 is 5.49. The molecular weight excluding hydrogens is 244 g/mol. The molecule has 2 aromatic heterocycles. The van der Waals surface area contributed by atoms with Crippen LogP contribution in [0.5, 0.6) is 5.75 Å². The lowest BCUT2D eigenvalue weighted by atomic mass is 10.0. The highest BCUT2D eigenvalue weighted by Crippen LogP contribution is 2.22. The van der Waals surface area contributed by atoms with Gasteiger partial charge in [0.25, 0.3) is 0 Å². The van der Waals surface area contributed by atoms with E-state index in [0.29, 0.717) is 6.61 Å². The van der Waals surface area contributed by atoms with Gasteiger partial charge >= 0.3 is 0 Å². The van der Waals surface area contributed by atoms with E-state index in [4.69, 9.17) is 4.74 Å². The topological polar surface area (TPSA) is 34.1 Å². The molecule has 0 aliphatic rings. The molecule has 3 nitrogen and oxygen atoms in total.